The third kappa shape index (κ3) is 5.43. The zero-order chi connectivity index (χ0) is 27.2. The number of nitrogens with zero attached hydrogens (tertiary/aromatic N) is 5. The van der Waals surface area contributed by atoms with Crippen LogP contribution in [0.2, 0.25) is 5.02 Å². The monoisotopic (exact) mass is 541 g/mol. The van der Waals surface area contributed by atoms with Crippen molar-refractivity contribution in [1.82, 2.24) is 14.9 Å². The molecule has 0 bridgehead atoms. The number of anilines is 2. The van der Waals surface area contributed by atoms with Gasteiger partial charge in [-0.1, -0.05) is 17.7 Å². The van der Waals surface area contributed by atoms with Gasteiger partial charge in [0.05, 0.1) is 29.1 Å². The predicted octanol–water partition coefficient (Wildman–Crippen LogP) is 5.80. The Balaban J connectivity index is 1.43. The molecule has 0 unspecified atom stereocenters. The van der Waals surface area contributed by atoms with Gasteiger partial charge in [-0.2, -0.15) is 0 Å². The lowest BCUT2D eigenvalue weighted by Crippen LogP contribution is -2.49. The molecule has 1 fully saturated rings. The van der Waals surface area contributed by atoms with E-state index in [1.807, 2.05) is 32.0 Å². The van der Waals surface area contributed by atoms with Crippen LogP contribution in [0.3, 0.4) is 0 Å². The van der Waals surface area contributed by atoms with Crippen molar-refractivity contribution in [2.75, 3.05) is 49.6 Å². The van der Waals surface area contributed by atoms with Crippen molar-refractivity contribution in [2.45, 2.75) is 45.8 Å². The maximum atomic E-state index is 15.0. The average molecular weight is 542 g/mol. The molecule has 0 aliphatic carbocycles. The smallest absolute Gasteiger partial charge is 0.167 e. The molecule has 3 aromatic rings. The van der Waals surface area contributed by atoms with Gasteiger partial charge in [-0.05, 0) is 64.6 Å². The van der Waals surface area contributed by atoms with Crippen LogP contribution in [0.15, 0.2) is 36.5 Å². The molecular formula is C29H34ClF2N5O. The third-order valence-corrected chi connectivity index (χ3v) is 7.45. The van der Waals surface area contributed by atoms with Crippen molar-refractivity contribution in [3.05, 3.63) is 64.6 Å². The van der Waals surface area contributed by atoms with Gasteiger partial charge in [0.25, 0.3) is 0 Å². The van der Waals surface area contributed by atoms with Crippen molar-refractivity contribution in [2.24, 2.45) is 0 Å². The number of hydrogen-bond donors (Lipinski definition) is 0. The molecule has 2 aromatic carbocycles. The topological polar surface area (TPSA) is 44.7 Å². The van der Waals surface area contributed by atoms with E-state index in [2.05, 4.69) is 45.6 Å². The number of rotatable bonds is 5. The van der Waals surface area contributed by atoms with E-state index in [1.165, 1.54) is 12.3 Å². The summed E-state index contributed by atoms with van der Waals surface area (Å²) in [4.78, 5) is 15.2. The highest BCUT2D eigenvalue weighted by Gasteiger charge is 2.35. The maximum absolute atomic E-state index is 15.0. The van der Waals surface area contributed by atoms with Crippen LogP contribution < -0.4 is 14.5 Å². The lowest BCUT2D eigenvalue weighted by molar-refractivity contribution is 0.103. The molecule has 2 aliphatic rings. The number of piperazine rings is 1. The second kappa shape index (κ2) is 10.3. The quantitative estimate of drug-likeness (QED) is 0.406. The van der Waals surface area contributed by atoms with Gasteiger partial charge in [-0.3, -0.25) is 0 Å². The highest BCUT2D eigenvalue weighted by Crippen LogP contribution is 2.45. The van der Waals surface area contributed by atoms with Crippen LogP contribution in [0, 0.1) is 11.6 Å². The highest BCUT2D eigenvalue weighted by atomic mass is 35.5. The summed E-state index contributed by atoms with van der Waals surface area (Å²) in [5, 5.41) is 0.400. The molecule has 3 heterocycles. The number of likely N-dealkylation sites (N-methyl/N-ethyl adjacent to an activating group) is 1. The second-order valence-electron chi connectivity index (χ2n) is 11.1. The molecule has 5 rings (SSSR count). The van der Waals surface area contributed by atoms with E-state index >= 15 is 8.78 Å². The Morgan fingerprint density at radius 3 is 2.45 bits per heavy atom. The minimum atomic E-state index is -0.547. The normalized spacial score (nSPS) is 17.5. The van der Waals surface area contributed by atoms with Crippen LogP contribution in [-0.2, 0) is 6.42 Å². The molecule has 1 aromatic heterocycles. The van der Waals surface area contributed by atoms with Crippen molar-refractivity contribution in [3.8, 4) is 17.0 Å². The zero-order valence-electron chi connectivity index (χ0n) is 22.6. The minimum absolute atomic E-state index is 0.155. The number of benzene rings is 2. The van der Waals surface area contributed by atoms with E-state index < -0.39 is 11.4 Å². The number of ether oxygens (including phenoxy) is 1. The summed E-state index contributed by atoms with van der Waals surface area (Å²) in [6.45, 7) is 12.3. The van der Waals surface area contributed by atoms with Gasteiger partial charge in [0, 0.05) is 44.2 Å². The Bertz CT molecular complexity index is 1340. The van der Waals surface area contributed by atoms with Gasteiger partial charge in [0.1, 0.15) is 22.9 Å². The maximum Gasteiger partial charge on any atom is 0.167 e. The van der Waals surface area contributed by atoms with Crippen LogP contribution in [0.25, 0.3) is 11.3 Å². The van der Waals surface area contributed by atoms with Gasteiger partial charge < -0.3 is 19.4 Å². The summed E-state index contributed by atoms with van der Waals surface area (Å²) in [5.41, 5.74) is 2.42. The first-order valence-electron chi connectivity index (χ1n) is 13.0. The molecule has 0 radical (unpaired) electrons. The molecule has 0 spiro atoms. The van der Waals surface area contributed by atoms with Gasteiger partial charge in [-0.25, -0.2) is 18.7 Å². The molecule has 202 valence electrons. The van der Waals surface area contributed by atoms with E-state index in [-0.39, 0.29) is 24.0 Å². The molecule has 2 aliphatic heterocycles. The number of fused-ring (bicyclic) bond motifs is 1. The molecular weight excluding hydrogens is 508 g/mol. The van der Waals surface area contributed by atoms with Gasteiger partial charge in [0.2, 0.25) is 0 Å². The third-order valence-electron chi connectivity index (χ3n) is 7.17. The van der Waals surface area contributed by atoms with Crippen molar-refractivity contribution in [3.63, 3.8) is 0 Å². The van der Waals surface area contributed by atoms with E-state index in [4.69, 9.17) is 16.3 Å². The van der Waals surface area contributed by atoms with Crippen LogP contribution in [-0.4, -0.2) is 66.3 Å². The molecule has 6 nitrogen and oxygen atoms in total. The minimum Gasteiger partial charge on any atom is -0.482 e. The van der Waals surface area contributed by atoms with Gasteiger partial charge in [0.15, 0.2) is 11.6 Å². The summed E-state index contributed by atoms with van der Waals surface area (Å²) in [5.74, 6) is 0.174. The fourth-order valence-electron chi connectivity index (χ4n) is 5.13. The molecule has 0 atom stereocenters. The number of aromatic nitrogens is 2. The van der Waals surface area contributed by atoms with Crippen molar-refractivity contribution >= 4 is 23.0 Å². The molecule has 38 heavy (non-hydrogen) atoms. The number of halogens is 3. The molecule has 0 amide bonds. The Morgan fingerprint density at radius 2 is 1.76 bits per heavy atom. The summed E-state index contributed by atoms with van der Waals surface area (Å²) in [7, 11) is 2.07. The lowest BCUT2D eigenvalue weighted by Gasteiger charge is -2.43. The largest absolute Gasteiger partial charge is 0.482 e. The SMILES string of the molecule is CC(C)N1CC(C)(C)Oc2c(Cl)cc(-c3nc(Cc4ccc(N5CCN(C)CC5)c(F)c4)ncc3F)cc21. The molecule has 1 saturated heterocycles. The summed E-state index contributed by atoms with van der Waals surface area (Å²) >= 11 is 6.65. The fraction of sp³-hybridized carbons (Fsp3) is 0.448. The Morgan fingerprint density at radius 1 is 1.03 bits per heavy atom. The van der Waals surface area contributed by atoms with Gasteiger partial charge in [-0.15, -0.1) is 0 Å². The molecule has 0 saturated carbocycles. The number of hydrogen-bond acceptors (Lipinski definition) is 6. The summed E-state index contributed by atoms with van der Waals surface area (Å²) in [6.07, 6.45) is 1.45. The lowest BCUT2D eigenvalue weighted by atomic mass is 10.0. The van der Waals surface area contributed by atoms with E-state index in [1.54, 1.807) is 6.07 Å². The van der Waals surface area contributed by atoms with Crippen LogP contribution in [0.1, 0.15) is 39.1 Å². The first-order valence-corrected chi connectivity index (χ1v) is 13.4. The van der Waals surface area contributed by atoms with Crippen LogP contribution in [0.5, 0.6) is 5.75 Å². The summed E-state index contributed by atoms with van der Waals surface area (Å²) < 4.78 is 36.2. The second-order valence-corrected chi connectivity index (χ2v) is 11.5. The predicted molar refractivity (Wildman–Crippen MR) is 149 cm³/mol. The standard InChI is InChI=1S/C29H34ClF2N5O/c1-18(2)37-17-29(3,4)38-28-21(30)14-20(15-25(28)37)27-23(32)16-33-26(34-27)13-19-6-7-24(22(31)12-19)36-10-8-35(5)9-11-36/h6-7,12,14-16,18H,8-11,13,17H2,1-5H3. The highest BCUT2D eigenvalue weighted by molar-refractivity contribution is 6.33. The first-order chi connectivity index (χ1) is 18.0. The zero-order valence-corrected chi connectivity index (χ0v) is 23.3. The summed E-state index contributed by atoms with van der Waals surface area (Å²) in [6, 6.07) is 8.97. The molecule has 0 N–H and O–H groups in total. The van der Waals surface area contributed by atoms with Gasteiger partial charge >= 0.3 is 0 Å². The average Bonchev–Trinajstić information content (AvgIpc) is 2.85. The fourth-order valence-corrected chi connectivity index (χ4v) is 5.39. The van der Waals surface area contributed by atoms with Crippen molar-refractivity contribution < 1.29 is 13.5 Å². The van der Waals surface area contributed by atoms with Crippen LogP contribution in [0.4, 0.5) is 20.2 Å². The van der Waals surface area contributed by atoms with Crippen LogP contribution >= 0.6 is 11.6 Å². The van der Waals surface area contributed by atoms with E-state index in [9.17, 15) is 0 Å². The Kier molecular flexibility index (Phi) is 7.22. The van der Waals surface area contributed by atoms with Crippen molar-refractivity contribution in [1.29, 1.82) is 0 Å². The Hall–Kier alpha value is -2.97. The van der Waals surface area contributed by atoms with E-state index in [0.717, 1.165) is 37.4 Å². The Labute approximate surface area is 228 Å². The van der Waals surface area contributed by atoms with E-state index in [0.29, 0.717) is 34.4 Å². The molecule has 9 heteroatoms. The first kappa shape index (κ1) is 26.6.